The fraction of sp³-hybridized carbons (Fsp3) is 0.600. The van der Waals surface area contributed by atoms with Crippen molar-refractivity contribution in [3.8, 4) is 0 Å². The lowest BCUT2D eigenvalue weighted by Gasteiger charge is -2.21. The predicted octanol–water partition coefficient (Wildman–Crippen LogP) is 4.70. The van der Waals surface area contributed by atoms with Crippen molar-refractivity contribution in [3.05, 3.63) is 10.1 Å². The van der Waals surface area contributed by atoms with Crippen LogP contribution in [0.25, 0.3) is 0 Å². The van der Waals surface area contributed by atoms with E-state index in [9.17, 15) is 30.7 Å². The minimum Gasteiger partial charge on any atom is -0.192 e. The van der Waals surface area contributed by atoms with Crippen molar-refractivity contribution in [2.45, 2.75) is 17.5 Å². The molecule has 0 aliphatic heterocycles. The highest BCUT2D eigenvalue weighted by atomic mass is 35.5. The fourth-order valence-electron chi connectivity index (χ4n) is 0.387. The zero-order valence-corrected chi connectivity index (χ0v) is 8.55. The van der Waals surface area contributed by atoms with Crippen molar-refractivity contribution in [3.63, 3.8) is 0 Å². The molecule has 0 radical (unpaired) electrons. The second-order valence-electron chi connectivity index (χ2n) is 2.20. The molecule has 0 unspecified atom stereocenters. The van der Waals surface area contributed by atoms with Crippen LogP contribution in [0.4, 0.5) is 30.7 Å². The summed E-state index contributed by atoms with van der Waals surface area (Å²) in [6.45, 7) is 0. The summed E-state index contributed by atoms with van der Waals surface area (Å²) < 4.78 is 84.0. The molecule has 0 fully saturated rings. The summed E-state index contributed by atoms with van der Waals surface area (Å²) in [6, 6.07) is 0. The highest BCUT2D eigenvalue weighted by Crippen LogP contribution is 2.48. The molecule has 0 aromatic rings. The summed E-state index contributed by atoms with van der Waals surface area (Å²) in [5.74, 6) is -5.40. The quantitative estimate of drug-likeness (QED) is 0.512. The Kier molecular flexibility index (Phi) is 4.21. The van der Waals surface area contributed by atoms with E-state index in [0.29, 0.717) is 0 Å². The number of allylic oxidation sites excluding steroid dienone is 2. The number of hydrogen-bond acceptors (Lipinski definition) is 0. The molecule has 0 aromatic heterocycles. The molecule has 0 N–H and O–H groups in total. The molecule has 0 spiro atoms. The van der Waals surface area contributed by atoms with Crippen LogP contribution in [0.3, 0.4) is 0 Å². The summed E-state index contributed by atoms with van der Waals surface area (Å²) >= 11 is 12.6. The average Bonchev–Trinajstić information content (AvgIpc) is 1.97. The van der Waals surface area contributed by atoms with Gasteiger partial charge in [0.25, 0.3) is 0 Å². The first-order chi connectivity index (χ1) is 6.32. The minimum absolute atomic E-state index is 2.55. The van der Waals surface area contributed by atoms with Gasteiger partial charge in [0, 0.05) is 0 Å². The predicted molar refractivity (Wildman–Crippen MR) is 40.5 cm³/mol. The van der Waals surface area contributed by atoms with Gasteiger partial charge in [-0.15, -0.1) is 0 Å². The standard InChI is InChI=1S/C5Cl3F7/c6-1(2(7)4(11,12)13)3(9,10)5(8,14)15. The highest BCUT2D eigenvalue weighted by molar-refractivity contribution is 6.40. The van der Waals surface area contributed by atoms with E-state index in [1.54, 1.807) is 0 Å². The second-order valence-corrected chi connectivity index (χ2v) is 3.43. The molecular formula is C5Cl3F7. The summed E-state index contributed by atoms with van der Waals surface area (Å²) in [4.78, 5) is 0. The molecule has 0 rings (SSSR count). The number of alkyl halides is 8. The molecular weight excluding hydrogens is 299 g/mol. The molecule has 0 aromatic carbocycles. The Hall–Kier alpha value is 0.120. The molecule has 0 aliphatic rings. The van der Waals surface area contributed by atoms with E-state index in [1.165, 1.54) is 0 Å². The maximum Gasteiger partial charge on any atom is 0.428 e. The largest absolute Gasteiger partial charge is 0.428 e. The van der Waals surface area contributed by atoms with Crippen LogP contribution >= 0.6 is 34.8 Å². The van der Waals surface area contributed by atoms with Gasteiger partial charge in [-0.05, 0) is 11.6 Å². The van der Waals surface area contributed by atoms with Crippen LogP contribution in [-0.2, 0) is 0 Å². The summed E-state index contributed by atoms with van der Waals surface area (Å²) in [7, 11) is 0. The maximum atomic E-state index is 12.4. The normalized spacial score (nSPS) is 16.4. The first kappa shape index (κ1) is 15.1. The Labute approximate surface area is 93.6 Å². The lowest BCUT2D eigenvalue weighted by Crippen LogP contribution is -2.37. The zero-order valence-electron chi connectivity index (χ0n) is 6.28. The Morgan fingerprint density at radius 2 is 1.07 bits per heavy atom. The van der Waals surface area contributed by atoms with Crippen LogP contribution < -0.4 is 0 Å². The molecule has 0 atom stereocenters. The van der Waals surface area contributed by atoms with Crippen molar-refractivity contribution in [2.24, 2.45) is 0 Å². The van der Waals surface area contributed by atoms with E-state index in [4.69, 9.17) is 0 Å². The number of rotatable bonds is 2. The molecule has 0 nitrogen and oxygen atoms in total. The van der Waals surface area contributed by atoms with Crippen LogP contribution in [0.15, 0.2) is 10.1 Å². The van der Waals surface area contributed by atoms with Gasteiger partial charge < -0.3 is 0 Å². The van der Waals surface area contributed by atoms with Crippen LogP contribution in [0.2, 0.25) is 0 Å². The zero-order chi connectivity index (χ0) is 12.7. The molecule has 10 heteroatoms. The SMILES string of the molecule is FC(F)(F)C(Cl)=C(Cl)C(F)(F)C(F)(F)Cl. The Bertz CT molecular complexity index is 273. The van der Waals surface area contributed by atoms with Crippen LogP contribution in [0.5, 0.6) is 0 Å². The second kappa shape index (κ2) is 4.18. The van der Waals surface area contributed by atoms with Crippen LogP contribution in [-0.4, -0.2) is 17.5 Å². The van der Waals surface area contributed by atoms with Crippen LogP contribution in [0.1, 0.15) is 0 Å². The Morgan fingerprint density at radius 3 is 1.27 bits per heavy atom. The Morgan fingerprint density at radius 1 is 0.733 bits per heavy atom. The van der Waals surface area contributed by atoms with Gasteiger partial charge in [-0.1, -0.05) is 23.2 Å². The van der Waals surface area contributed by atoms with Gasteiger partial charge in [0.15, 0.2) is 0 Å². The third kappa shape index (κ3) is 3.29. The maximum absolute atomic E-state index is 12.4. The van der Waals surface area contributed by atoms with Crippen molar-refractivity contribution < 1.29 is 30.7 Å². The Balaban J connectivity index is 5.44. The lowest BCUT2D eigenvalue weighted by atomic mass is 10.3. The number of halogens is 10. The first-order valence-electron chi connectivity index (χ1n) is 2.89. The third-order valence-electron chi connectivity index (χ3n) is 1.07. The van der Waals surface area contributed by atoms with E-state index in [1.807, 2.05) is 0 Å². The van der Waals surface area contributed by atoms with E-state index in [2.05, 4.69) is 34.8 Å². The molecule has 0 saturated heterocycles. The minimum atomic E-state index is -5.45. The van der Waals surface area contributed by atoms with Gasteiger partial charge >= 0.3 is 17.5 Å². The van der Waals surface area contributed by atoms with E-state index in [-0.39, 0.29) is 0 Å². The lowest BCUT2D eigenvalue weighted by molar-refractivity contribution is -0.131. The summed E-state index contributed by atoms with van der Waals surface area (Å²) in [5, 5.41) is -10.4. The van der Waals surface area contributed by atoms with E-state index < -0.39 is 27.5 Å². The monoisotopic (exact) mass is 298 g/mol. The van der Waals surface area contributed by atoms with Crippen molar-refractivity contribution in [1.29, 1.82) is 0 Å². The molecule has 15 heavy (non-hydrogen) atoms. The molecule has 0 bridgehead atoms. The number of hydrogen-bond donors (Lipinski definition) is 0. The summed E-state index contributed by atoms with van der Waals surface area (Å²) in [6.07, 6.45) is -5.45. The summed E-state index contributed by atoms with van der Waals surface area (Å²) in [5.41, 5.74) is 0. The fourth-order valence-corrected chi connectivity index (χ4v) is 0.874. The topological polar surface area (TPSA) is 0 Å². The van der Waals surface area contributed by atoms with Crippen molar-refractivity contribution in [2.75, 3.05) is 0 Å². The van der Waals surface area contributed by atoms with Crippen LogP contribution in [0, 0.1) is 0 Å². The molecule has 0 saturated carbocycles. The van der Waals surface area contributed by atoms with Crippen molar-refractivity contribution in [1.82, 2.24) is 0 Å². The van der Waals surface area contributed by atoms with Gasteiger partial charge in [0.2, 0.25) is 0 Å². The van der Waals surface area contributed by atoms with E-state index in [0.717, 1.165) is 0 Å². The van der Waals surface area contributed by atoms with E-state index >= 15 is 0 Å². The van der Waals surface area contributed by atoms with Gasteiger partial charge in [-0.3, -0.25) is 0 Å². The highest BCUT2D eigenvalue weighted by Gasteiger charge is 2.60. The first-order valence-corrected chi connectivity index (χ1v) is 4.02. The smallest absolute Gasteiger partial charge is 0.192 e. The third-order valence-corrected chi connectivity index (χ3v) is 2.24. The molecule has 90 valence electrons. The average molecular weight is 299 g/mol. The van der Waals surface area contributed by atoms with Gasteiger partial charge in [-0.2, -0.15) is 30.7 Å². The van der Waals surface area contributed by atoms with Gasteiger partial charge in [-0.25, -0.2) is 0 Å². The molecule has 0 aliphatic carbocycles. The molecule has 0 heterocycles. The molecule has 0 amide bonds. The van der Waals surface area contributed by atoms with Crippen molar-refractivity contribution >= 4 is 34.8 Å². The van der Waals surface area contributed by atoms with Gasteiger partial charge in [0.05, 0.1) is 0 Å². The van der Waals surface area contributed by atoms with Gasteiger partial charge in [0.1, 0.15) is 10.1 Å².